The van der Waals surface area contributed by atoms with Crippen LogP contribution in [0.25, 0.3) is 11.1 Å². The molecule has 0 saturated carbocycles. The average molecular weight is 370 g/mol. The molecule has 3 rings (SSSR count). The predicted molar refractivity (Wildman–Crippen MR) is 109 cm³/mol. The second kappa shape index (κ2) is 8.61. The van der Waals surface area contributed by atoms with Crippen LogP contribution < -0.4 is 10.5 Å². The first-order chi connectivity index (χ1) is 13.1. The number of nitrogens with two attached hydrogens (primary N) is 1. The summed E-state index contributed by atoms with van der Waals surface area (Å²) in [5, 5.41) is 0. The minimum atomic E-state index is -0.375. The standard InChI is InChI=1S/C22H31N3O2/c1-4-18-21(17-10-6-7-11-19(17)27-3)20(22(23)26)16(2)25(18)15-14-24-12-8-5-9-13-24/h6-7,10-11H,4-5,8-9,12-15H2,1-3H3,(H2,23,26). The largest absolute Gasteiger partial charge is 0.496 e. The monoisotopic (exact) mass is 369 g/mol. The van der Waals surface area contributed by atoms with Crippen LogP contribution in [0, 0.1) is 6.92 Å². The van der Waals surface area contributed by atoms with Crippen LogP contribution >= 0.6 is 0 Å². The van der Waals surface area contributed by atoms with Gasteiger partial charge in [-0.25, -0.2) is 0 Å². The van der Waals surface area contributed by atoms with Crippen molar-refractivity contribution >= 4 is 5.91 Å². The summed E-state index contributed by atoms with van der Waals surface area (Å²) < 4.78 is 7.86. The third-order valence-electron chi connectivity index (χ3n) is 5.68. The van der Waals surface area contributed by atoms with Crippen LogP contribution in [0.5, 0.6) is 5.75 Å². The summed E-state index contributed by atoms with van der Waals surface area (Å²) in [6, 6.07) is 7.86. The molecule has 1 aliphatic rings. The van der Waals surface area contributed by atoms with Crippen LogP contribution in [0.1, 0.15) is 47.9 Å². The van der Waals surface area contributed by atoms with E-state index in [1.54, 1.807) is 7.11 Å². The molecule has 2 aromatic rings. The highest BCUT2D eigenvalue weighted by Crippen LogP contribution is 2.38. The lowest BCUT2D eigenvalue weighted by Crippen LogP contribution is -2.33. The quantitative estimate of drug-likeness (QED) is 0.811. The Balaban J connectivity index is 2.05. The SMILES string of the molecule is CCc1c(-c2ccccc2OC)c(C(N)=O)c(C)n1CCN1CCCCC1. The van der Waals surface area contributed by atoms with Crippen LogP contribution in [-0.2, 0) is 13.0 Å². The Hall–Kier alpha value is -2.27. The Kier molecular flexibility index (Phi) is 6.22. The van der Waals surface area contributed by atoms with Crippen LogP contribution in [0.3, 0.4) is 0 Å². The molecule has 0 aliphatic carbocycles. The first-order valence-corrected chi connectivity index (χ1v) is 9.96. The van der Waals surface area contributed by atoms with Gasteiger partial charge in [0.15, 0.2) is 0 Å². The van der Waals surface area contributed by atoms with E-state index < -0.39 is 0 Å². The summed E-state index contributed by atoms with van der Waals surface area (Å²) >= 11 is 0. The minimum absolute atomic E-state index is 0.375. The fourth-order valence-corrected chi connectivity index (χ4v) is 4.34. The van der Waals surface area contributed by atoms with Gasteiger partial charge in [0, 0.05) is 35.6 Å². The van der Waals surface area contributed by atoms with E-state index in [0.29, 0.717) is 5.56 Å². The van der Waals surface area contributed by atoms with Crippen LogP contribution in [-0.4, -0.2) is 42.1 Å². The van der Waals surface area contributed by atoms with E-state index >= 15 is 0 Å². The van der Waals surface area contributed by atoms with Gasteiger partial charge >= 0.3 is 0 Å². The molecule has 1 aromatic carbocycles. The van der Waals surface area contributed by atoms with Crippen molar-refractivity contribution in [2.24, 2.45) is 5.73 Å². The number of carbonyl (C=O) groups excluding carboxylic acids is 1. The second-order valence-corrected chi connectivity index (χ2v) is 7.25. The Labute approximate surface area is 162 Å². The minimum Gasteiger partial charge on any atom is -0.496 e. The first-order valence-electron chi connectivity index (χ1n) is 9.96. The number of benzene rings is 1. The molecule has 146 valence electrons. The van der Waals surface area contributed by atoms with E-state index in [2.05, 4.69) is 16.4 Å². The molecular formula is C22H31N3O2. The zero-order valence-electron chi connectivity index (χ0n) is 16.8. The molecule has 0 unspecified atom stereocenters. The van der Waals surface area contributed by atoms with Crippen molar-refractivity contribution in [2.45, 2.75) is 46.1 Å². The number of ether oxygens (including phenoxy) is 1. The molecule has 5 heteroatoms. The highest BCUT2D eigenvalue weighted by molar-refractivity contribution is 6.03. The Morgan fingerprint density at radius 2 is 1.85 bits per heavy atom. The number of carbonyl (C=O) groups is 1. The maximum atomic E-state index is 12.4. The van der Waals surface area contributed by atoms with E-state index in [1.165, 1.54) is 32.4 Å². The van der Waals surface area contributed by atoms with Gasteiger partial charge in [-0.05, 0) is 45.3 Å². The van der Waals surface area contributed by atoms with Gasteiger partial charge in [-0.3, -0.25) is 4.79 Å². The lowest BCUT2D eigenvalue weighted by atomic mass is 9.98. The molecule has 1 aromatic heterocycles. The van der Waals surface area contributed by atoms with E-state index in [0.717, 1.165) is 47.8 Å². The molecule has 0 spiro atoms. The zero-order valence-corrected chi connectivity index (χ0v) is 16.8. The molecule has 1 saturated heterocycles. The summed E-state index contributed by atoms with van der Waals surface area (Å²) in [5.74, 6) is 0.391. The van der Waals surface area contributed by atoms with Crippen molar-refractivity contribution in [3.63, 3.8) is 0 Å². The Bertz CT molecular complexity index is 804. The van der Waals surface area contributed by atoms with Gasteiger partial charge in [0.2, 0.25) is 0 Å². The van der Waals surface area contributed by atoms with Gasteiger partial charge in [0.1, 0.15) is 5.75 Å². The predicted octanol–water partition coefficient (Wildman–Crippen LogP) is 3.62. The summed E-state index contributed by atoms with van der Waals surface area (Å²) in [6.45, 7) is 8.37. The van der Waals surface area contributed by atoms with Gasteiger partial charge in [-0.1, -0.05) is 31.5 Å². The zero-order chi connectivity index (χ0) is 19.4. The first kappa shape index (κ1) is 19.5. The molecule has 0 atom stereocenters. The van der Waals surface area contributed by atoms with Gasteiger partial charge in [-0.2, -0.15) is 0 Å². The van der Waals surface area contributed by atoms with Crippen LogP contribution in [0.15, 0.2) is 24.3 Å². The van der Waals surface area contributed by atoms with Crippen LogP contribution in [0.4, 0.5) is 0 Å². The number of aromatic nitrogens is 1. The van der Waals surface area contributed by atoms with E-state index in [-0.39, 0.29) is 5.91 Å². The highest BCUT2D eigenvalue weighted by atomic mass is 16.5. The number of amides is 1. The van der Waals surface area contributed by atoms with Crippen molar-refractivity contribution < 1.29 is 9.53 Å². The number of para-hydroxylation sites is 1. The molecule has 27 heavy (non-hydrogen) atoms. The summed E-state index contributed by atoms with van der Waals surface area (Å²) in [4.78, 5) is 14.9. The third kappa shape index (κ3) is 3.88. The molecule has 2 N–H and O–H groups in total. The fraction of sp³-hybridized carbons (Fsp3) is 0.500. The highest BCUT2D eigenvalue weighted by Gasteiger charge is 2.26. The van der Waals surface area contributed by atoms with Crippen LogP contribution in [0.2, 0.25) is 0 Å². The number of piperidine rings is 1. The number of methoxy groups -OCH3 is 1. The van der Waals surface area contributed by atoms with E-state index in [4.69, 9.17) is 10.5 Å². The number of rotatable bonds is 7. The molecule has 1 fully saturated rings. The van der Waals surface area contributed by atoms with Gasteiger partial charge < -0.3 is 19.9 Å². The van der Waals surface area contributed by atoms with Crippen molar-refractivity contribution in [1.29, 1.82) is 0 Å². The van der Waals surface area contributed by atoms with Crippen molar-refractivity contribution in [1.82, 2.24) is 9.47 Å². The maximum Gasteiger partial charge on any atom is 0.251 e. The van der Waals surface area contributed by atoms with Crippen molar-refractivity contribution in [2.75, 3.05) is 26.7 Å². The summed E-state index contributed by atoms with van der Waals surface area (Å²) in [5.41, 5.74) is 10.4. The van der Waals surface area contributed by atoms with Crippen molar-refractivity contribution in [3.05, 3.63) is 41.2 Å². The number of hydrogen-bond donors (Lipinski definition) is 1. The number of nitrogens with zero attached hydrogens (tertiary/aromatic N) is 2. The second-order valence-electron chi connectivity index (χ2n) is 7.25. The third-order valence-corrected chi connectivity index (χ3v) is 5.68. The maximum absolute atomic E-state index is 12.4. The molecule has 1 aliphatic heterocycles. The Morgan fingerprint density at radius 3 is 2.48 bits per heavy atom. The lowest BCUT2D eigenvalue weighted by Gasteiger charge is -2.27. The molecule has 0 bridgehead atoms. The summed E-state index contributed by atoms with van der Waals surface area (Å²) in [6.07, 6.45) is 4.74. The average Bonchev–Trinajstić information content (AvgIpc) is 2.98. The number of primary amides is 1. The van der Waals surface area contributed by atoms with E-state index in [9.17, 15) is 4.79 Å². The Morgan fingerprint density at radius 1 is 1.15 bits per heavy atom. The smallest absolute Gasteiger partial charge is 0.251 e. The molecular weight excluding hydrogens is 338 g/mol. The molecule has 5 nitrogen and oxygen atoms in total. The topological polar surface area (TPSA) is 60.5 Å². The summed E-state index contributed by atoms with van der Waals surface area (Å²) in [7, 11) is 1.66. The van der Waals surface area contributed by atoms with Crippen molar-refractivity contribution in [3.8, 4) is 16.9 Å². The molecule has 0 radical (unpaired) electrons. The fourth-order valence-electron chi connectivity index (χ4n) is 4.34. The normalized spacial score (nSPS) is 15.1. The number of hydrogen-bond acceptors (Lipinski definition) is 3. The van der Waals surface area contributed by atoms with Gasteiger partial charge in [0.05, 0.1) is 12.7 Å². The van der Waals surface area contributed by atoms with E-state index in [1.807, 2.05) is 31.2 Å². The van der Waals surface area contributed by atoms with Gasteiger partial charge in [-0.15, -0.1) is 0 Å². The number of likely N-dealkylation sites (tertiary alicyclic amines) is 1. The molecule has 2 heterocycles. The van der Waals surface area contributed by atoms with Gasteiger partial charge in [0.25, 0.3) is 5.91 Å². The lowest BCUT2D eigenvalue weighted by molar-refractivity contribution is 0.1000. The molecule has 1 amide bonds.